The second-order valence-corrected chi connectivity index (χ2v) is 4.32. The van der Waals surface area contributed by atoms with E-state index in [2.05, 4.69) is 26.1 Å². The highest BCUT2D eigenvalue weighted by molar-refractivity contribution is 4.63. The molecular weight excluding hydrogens is 158 g/mol. The summed E-state index contributed by atoms with van der Waals surface area (Å²) in [6.07, 6.45) is 6.94. The summed E-state index contributed by atoms with van der Waals surface area (Å²) in [7, 11) is 2.05. The summed E-state index contributed by atoms with van der Waals surface area (Å²) in [6.45, 7) is 8.13. The Bertz CT molecular complexity index is 101. The standard InChI is InChI=1S/C12H27N/c1-5-7-8-12(6-2)9-11(3)10-13-4/h11-13H,5-10H2,1-4H3. The molecule has 13 heavy (non-hydrogen) atoms. The molecule has 2 atom stereocenters. The summed E-state index contributed by atoms with van der Waals surface area (Å²) in [4.78, 5) is 0. The van der Waals surface area contributed by atoms with E-state index in [1.165, 1.54) is 38.6 Å². The molecule has 0 radical (unpaired) electrons. The van der Waals surface area contributed by atoms with Gasteiger partial charge in [-0.05, 0) is 31.8 Å². The van der Waals surface area contributed by atoms with E-state index < -0.39 is 0 Å². The van der Waals surface area contributed by atoms with Crippen LogP contribution in [-0.2, 0) is 0 Å². The first kappa shape index (κ1) is 13.0. The van der Waals surface area contributed by atoms with Gasteiger partial charge in [0.25, 0.3) is 0 Å². The molecule has 0 saturated carbocycles. The molecule has 0 heterocycles. The van der Waals surface area contributed by atoms with Crippen LogP contribution in [0.25, 0.3) is 0 Å². The topological polar surface area (TPSA) is 12.0 Å². The summed E-state index contributed by atoms with van der Waals surface area (Å²) in [5, 5.41) is 3.25. The summed E-state index contributed by atoms with van der Waals surface area (Å²) in [5.74, 6) is 1.80. The van der Waals surface area contributed by atoms with Crippen LogP contribution in [0.1, 0.15) is 52.9 Å². The van der Waals surface area contributed by atoms with Gasteiger partial charge in [-0.25, -0.2) is 0 Å². The molecule has 2 unspecified atom stereocenters. The molecular formula is C12H27N. The number of hydrogen-bond acceptors (Lipinski definition) is 1. The van der Waals surface area contributed by atoms with Crippen molar-refractivity contribution in [3.63, 3.8) is 0 Å². The average molecular weight is 185 g/mol. The van der Waals surface area contributed by atoms with Crippen LogP contribution in [0.3, 0.4) is 0 Å². The van der Waals surface area contributed by atoms with Crippen LogP contribution in [0.4, 0.5) is 0 Å². The predicted octanol–water partition coefficient (Wildman–Crippen LogP) is 3.45. The lowest BCUT2D eigenvalue weighted by atomic mass is 9.89. The first-order valence-electron chi connectivity index (χ1n) is 5.89. The molecule has 0 saturated heterocycles. The van der Waals surface area contributed by atoms with Crippen LogP contribution in [0.5, 0.6) is 0 Å². The Morgan fingerprint density at radius 2 is 1.92 bits per heavy atom. The van der Waals surface area contributed by atoms with Crippen molar-refractivity contribution in [2.24, 2.45) is 11.8 Å². The van der Waals surface area contributed by atoms with Crippen molar-refractivity contribution in [3.8, 4) is 0 Å². The molecule has 1 nitrogen and oxygen atoms in total. The third-order valence-corrected chi connectivity index (χ3v) is 2.83. The number of unbranched alkanes of at least 4 members (excludes halogenated alkanes) is 1. The van der Waals surface area contributed by atoms with Crippen molar-refractivity contribution in [2.75, 3.05) is 13.6 Å². The summed E-state index contributed by atoms with van der Waals surface area (Å²) in [5.41, 5.74) is 0. The van der Waals surface area contributed by atoms with Crippen LogP contribution in [0, 0.1) is 11.8 Å². The van der Waals surface area contributed by atoms with Crippen LogP contribution < -0.4 is 5.32 Å². The second kappa shape index (κ2) is 8.55. The fourth-order valence-corrected chi connectivity index (χ4v) is 1.98. The molecule has 1 N–H and O–H groups in total. The lowest BCUT2D eigenvalue weighted by Gasteiger charge is -2.19. The maximum atomic E-state index is 3.25. The SMILES string of the molecule is CCCCC(CC)CC(C)CNC. The van der Waals surface area contributed by atoms with Gasteiger partial charge < -0.3 is 5.32 Å². The molecule has 0 amide bonds. The Kier molecular flexibility index (Phi) is 8.53. The molecule has 0 aromatic heterocycles. The minimum Gasteiger partial charge on any atom is -0.319 e. The molecule has 0 aromatic carbocycles. The molecule has 0 aliphatic carbocycles. The van der Waals surface area contributed by atoms with Crippen molar-refractivity contribution in [3.05, 3.63) is 0 Å². The molecule has 1 heteroatoms. The predicted molar refractivity (Wildman–Crippen MR) is 61.0 cm³/mol. The van der Waals surface area contributed by atoms with E-state index in [0.717, 1.165) is 11.8 Å². The Hall–Kier alpha value is -0.0400. The Balaban J connectivity index is 3.56. The van der Waals surface area contributed by atoms with Gasteiger partial charge in [0.15, 0.2) is 0 Å². The second-order valence-electron chi connectivity index (χ2n) is 4.32. The van der Waals surface area contributed by atoms with Gasteiger partial charge >= 0.3 is 0 Å². The van der Waals surface area contributed by atoms with Gasteiger partial charge in [-0.1, -0.05) is 46.5 Å². The molecule has 0 aliphatic heterocycles. The fraction of sp³-hybridized carbons (Fsp3) is 1.00. The van der Waals surface area contributed by atoms with Gasteiger partial charge in [0.1, 0.15) is 0 Å². The van der Waals surface area contributed by atoms with Crippen LogP contribution in [-0.4, -0.2) is 13.6 Å². The lowest BCUT2D eigenvalue weighted by molar-refractivity contribution is 0.347. The fourth-order valence-electron chi connectivity index (χ4n) is 1.98. The zero-order valence-electron chi connectivity index (χ0n) is 9.90. The van der Waals surface area contributed by atoms with Crippen LogP contribution >= 0.6 is 0 Å². The maximum Gasteiger partial charge on any atom is -0.00261 e. The molecule has 0 aliphatic rings. The van der Waals surface area contributed by atoms with Gasteiger partial charge in [0.2, 0.25) is 0 Å². The van der Waals surface area contributed by atoms with E-state index in [9.17, 15) is 0 Å². The normalized spacial score (nSPS) is 15.7. The molecule has 0 aromatic rings. The van der Waals surface area contributed by atoms with Gasteiger partial charge in [-0.3, -0.25) is 0 Å². The van der Waals surface area contributed by atoms with Gasteiger partial charge in [0, 0.05) is 0 Å². The first-order valence-corrected chi connectivity index (χ1v) is 5.89. The Labute approximate surface area is 84.3 Å². The van der Waals surface area contributed by atoms with Crippen molar-refractivity contribution in [1.82, 2.24) is 5.32 Å². The zero-order chi connectivity index (χ0) is 10.1. The minimum absolute atomic E-state index is 0.840. The molecule has 0 rings (SSSR count). The monoisotopic (exact) mass is 185 g/mol. The number of rotatable bonds is 8. The van der Waals surface area contributed by atoms with E-state index in [4.69, 9.17) is 0 Å². The van der Waals surface area contributed by atoms with E-state index in [-0.39, 0.29) is 0 Å². The summed E-state index contributed by atoms with van der Waals surface area (Å²) in [6, 6.07) is 0. The minimum atomic E-state index is 0.840. The van der Waals surface area contributed by atoms with Gasteiger partial charge in [-0.15, -0.1) is 0 Å². The van der Waals surface area contributed by atoms with Crippen LogP contribution in [0.15, 0.2) is 0 Å². The maximum absolute atomic E-state index is 3.25. The first-order chi connectivity index (χ1) is 6.24. The van der Waals surface area contributed by atoms with E-state index >= 15 is 0 Å². The van der Waals surface area contributed by atoms with E-state index in [1.54, 1.807) is 0 Å². The Morgan fingerprint density at radius 1 is 1.23 bits per heavy atom. The largest absolute Gasteiger partial charge is 0.319 e. The molecule has 0 bridgehead atoms. The Morgan fingerprint density at radius 3 is 2.38 bits per heavy atom. The van der Waals surface area contributed by atoms with Crippen molar-refractivity contribution in [1.29, 1.82) is 0 Å². The average Bonchev–Trinajstić information content (AvgIpc) is 2.12. The van der Waals surface area contributed by atoms with Gasteiger partial charge in [0.05, 0.1) is 0 Å². The lowest BCUT2D eigenvalue weighted by Crippen LogP contribution is -2.18. The molecule has 0 fully saturated rings. The van der Waals surface area contributed by atoms with Crippen molar-refractivity contribution >= 4 is 0 Å². The number of nitrogens with one attached hydrogen (secondary N) is 1. The quantitative estimate of drug-likeness (QED) is 0.611. The summed E-state index contributed by atoms with van der Waals surface area (Å²) >= 11 is 0. The smallest absolute Gasteiger partial charge is 0.00261 e. The third kappa shape index (κ3) is 7.06. The highest BCUT2D eigenvalue weighted by Gasteiger charge is 2.10. The number of hydrogen-bond donors (Lipinski definition) is 1. The van der Waals surface area contributed by atoms with Crippen molar-refractivity contribution < 1.29 is 0 Å². The highest BCUT2D eigenvalue weighted by Crippen LogP contribution is 2.20. The summed E-state index contributed by atoms with van der Waals surface area (Å²) < 4.78 is 0. The van der Waals surface area contributed by atoms with E-state index in [1.807, 2.05) is 7.05 Å². The zero-order valence-corrected chi connectivity index (χ0v) is 9.90. The third-order valence-electron chi connectivity index (χ3n) is 2.83. The van der Waals surface area contributed by atoms with E-state index in [0.29, 0.717) is 0 Å². The van der Waals surface area contributed by atoms with Crippen LogP contribution in [0.2, 0.25) is 0 Å². The molecule has 0 spiro atoms. The van der Waals surface area contributed by atoms with Gasteiger partial charge in [-0.2, -0.15) is 0 Å². The molecule has 80 valence electrons. The highest BCUT2D eigenvalue weighted by atomic mass is 14.8. The van der Waals surface area contributed by atoms with Crippen molar-refractivity contribution in [2.45, 2.75) is 52.9 Å².